The Morgan fingerprint density at radius 2 is 2.24 bits per heavy atom. The highest BCUT2D eigenvalue weighted by Crippen LogP contribution is 2.41. The largest absolute Gasteiger partial charge is 0.310 e. The first-order valence-electron chi connectivity index (χ1n) is 7.82. The monoisotopic (exact) mass is 284 g/mol. The van der Waals surface area contributed by atoms with Crippen molar-refractivity contribution in [1.82, 2.24) is 20.1 Å². The van der Waals surface area contributed by atoms with Gasteiger partial charge in [-0.25, -0.2) is 9.67 Å². The van der Waals surface area contributed by atoms with Crippen LogP contribution >= 0.6 is 0 Å². The second-order valence-electron chi connectivity index (χ2n) is 6.70. The predicted molar refractivity (Wildman–Crippen MR) is 84.5 cm³/mol. The minimum absolute atomic E-state index is 0.283. The molecular weight excluding hydrogens is 260 g/mol. The molecule has 1 aliphatic carbocycles. The van der Waals surface area contributed by atoms with E-state index < -0.39 is 0 Å². The van der Waals surface area contributed by atoms with Crippen molar-refractivity contribution in [3.63, 3.8) is 0 Å². The highest BCUT2D eigenvalue weighted by atomic mass is 15.3. The molecule has 2 heterocycles. The number of aromatic nitrogens is 3. The number of nitrogens with zero attached hydrogens (tertiary/aromatic N) is 3. The minimum atomic E-state index is 0.283. The number of hydrogen-bond donors (Lipinski definition) is 1. The molecule has 2 aromatic rings. The summed E-state index contributed by atoms with van der Waals surface area (Å²) in [5.41, 5.74) is 2.93. The fourth-order valence-electron chi connectivity index (χ4n) is 3.22. The number of hydrogen-bond acceptors (Lipinski definition) is 3. The third-order valence-corrected chi connectivity index (χ3v) is 4.19. The van der Waals surface area contributed by atoms with E-state index >= 15 is 0 Å². The van der Waals surface area contributed by atoms with Crippen LogP contribution in [0.15, 0.2) is 30.6 Å². The van der Waals surface area contributed by atoms with Gasteiger partial charge in [-0.2, -0.15) is 5.10 Å². The molecule has 2 aromatic heterocycles. The highest BCUT2D eigenvalue weighted by Gasteiger charge is 2.34. The van der Waals surface area contributed by atoms with Crippen molar-refractivity contribution < 1.29 is 0 Å². The van der Waals surface area contributed by atoms with Crippen molar-refractivity contribution in [2.24, 2.45) is 5.41 Å². The van der Waals surface area contributed by atoms with E-state index in [4.69, 9.17) is 0 Å². The van der Waals surface area contributed by atoms with Gasteiger partial charge in [-0.1, -0.05) is 26.8 Å². The summed E-state index contributed by atoms with van der Waals surface area (Å²) < 4.78 is 2.01. The molecule has 1 atom stereocenters. The molecule has 0 spiro atoms. The second kappa shape index (κ2) is 5.60. The van der Waals surface area contributed by atoms with Crippen LogP contribution in [0, 0.1) is 5.41 Å². The summed E-state index contributed by atoms with van der Waals surface area (Å²) in [5.74, 6) is 0.908. The van der Waals surface area contributed by atoms with Crippen molar-refractivity contribution in [2.45, 2.75) is 46.1 Å². The fraction of sp³-hybridized carbons (Fsp3) is 0.529. The van der Waals surface area contributed by atoms with Crippen LogP contribution in [0.3, 0.4) is 0 Å². The molecule has 112 valence electrons. The van der Waals surface area contributed by atoms with Gasteiger partial charge < -0.3 is 5.32 Å². The van der Waals surface area contributed by atoms with Gasteiger partial charge in [0.05, 0.1) is 11.9 Å². The molecule has 1 unspecified atom stereocenters. The maximum Gasteiger partial charge on any atom is 0.153 e. The molecule has 4 nitrogen and oxygen atoms in total. The standard InChI is InChI=1S/C17H24N4/c1-4-8-18-14-10-17(2,3)11-15-13(14)12-20-21(15)16-7-5-6-9-19-16/h5-7,9,12,14,18H,4,8,10-11H2,1-3H3. The molecule has 4 heteroatoms. The molecule has 3 rings (SSSR count). The quantitative estimate of drug-likeness (QED) is 0.937. The number of nitrogens with one attached hydrogen (secondary N) is 1. The lowest BCUT2D eigenvalue weighted by molar-refractivity contribution is 0.254. The SMILES string of the molecule is CCCNC1CC(C)(C)Cc2c1cnn2-c1ccccn1. The van der Waals surface area contributed by atoms with Crippen LogP contribution in [0.2, 0.25) is 0 Å². The summed E-state index contributed by atoms with van der Waals surface area (Å²) in [6.07, 6.45) is 7.20. The van der Waals surface area contributed by atoms with E-state index in [0.29, 0.717) is 6.04 Å². The average Bonchev–Trinajstić information content (AvgIpc) is 2.88. The Kier molecular flexibility index (Phi) is 3.81. The summed E-state index contributed by atoms with van der Waals surface area (Å²) in [7, 11) is 0. The van der Waals surface area contributed by atoms with Crippen molar-refractivity contribution in [1.29, 1.82) is 0 Å². The first kappa shape index (κ1) is 14.3. The van der Waals surface area contributed by atoms with Crippen molar-refractivity contribution >= 4 is 0 Å². The summed E-state index contributed by atoms with van der Waals surface area (Å²) in [6.45, 7) is 7.94. The van der Waals surface area contributed by atoms with Gasteiger partial charge in [0.2, 0.25) is 0 Å². The van der Waals surface area contributed by atoms with E-state index in [0.717, 1.165) is 31.6 Å². The molecule has 0 aromatic carbocycles. The van der Waals surface area contributed by atoms with Crippen LogP contribution in [0.4, 0.5) is 0 Å². The molecule has 0 saturated heterocycles. The van der Waals surface area contributed by atoms with Crippen molar-refractivity contribution in [3.8, 4) is 5.82 Å². The number of fused-ring (bicyclic) bond motifs is 1. The predicted octanol–water partition coefficient (Wildman–Crippen LogP) is 3.28. The first-order chi connectivity index (χ1) is 10.1. The Morgan fingerprint density at radius 1 is 1.38 bits per heavy atom. The summed E-state index contributed by atoms with van der Waals surface area (Å²) in [5, 5.41) is 8.28. The van der Waals surface area contributed by atoms with Crippen LogP contribution in [0.1, 0.15) is 50.9 Å². The molecule has 21 heavy (non-hydrogen) atoms. The van der Waals surface area contributed by atoms with Crippen LogP contribution in [-0.2, 0) is 6.42 Å². The van der Waals surface area contributed by atoms with Crippen LogP contribution in [0.5, 0.6) is 0 Å². The molecule has 1 N–H and O–H groups in total. The molecule has 0 bridgehead atoms. The zero-order valence-electron chi connectivity index (χ0n) is 13.1. The maximum atomic E-state index is 4.61. The van der Waals surface area contributed by atoms with Gasteiger partial charge in [-0.05, 0) is 43.4 Å². The van der Waals surface area contributed by atoms with Crippen LogP contribution < -0.4 is 5.32 Å². The normalized spacial score (nSPS) is 20.2. The van der Waals surface area contributed by atoms with Gasteiger partial charge in [0.15, 0.2) is 5.82 Å². The van der Waals surface area contributed by atoms with E-state index in [1.165, 1.54) is 11.3 Å². The third kappa shape index (κ3) is 2.86. The number of pyridine rings is 1. The third-order valence-electron chi connectivity index (χ3n) is 4.19. The van der Waals surface area contributed by atoms with Gasteiger partial charge in [-0.3, -0.25) is 0 Å². The van der Waals surface area contributed by atoms with Crippen LogP contribution in [-0.4, -0.2) is 21.3 Å². The lowest BCUT2D eigenvalue weighted by Crippen LogP contribution is -2.34. The maximum absolute atomic E-state index is 4.61. The first-order valence-corrected chi connectivity index (χ1v) is 7.82. The minimum Gasteiger partial charge on any atom is -0.310 e. The molecule has 0 amide bonds. The van der Waals surface area contributed by atoms with Gasteiger partial charge >= 0.3 is 0 Å². The Balaban J connectivity index is 2.00. The molecule has 0 radical (unpaired) electrons. The molecule has 0 fully saturated rings. The number of rotatable bonds is 4. The van der Waals surface area contributed by atoms with Gasteiger partial charge in [-0.15, -0.1) is 0 Å². The molecule has 0 aliphatic heterocycles. The lowest BCUT2D eigenvalue weighted by Gasteiger charge is -2.36. The second-order valence-corrected chi connectivity index (χ2v) is 6.70. The Bertz CT molecular complexity index is 601. The van der Waals surface area contributed by atoms with E-state index in [9.17, 15) is 0 Å². The highest BCUT2D eigenvalue weighted by molar-refractivity contribution is 5.33. The Labute approximate surface area is 126 Å². The topological polar surface area (TPSA) is 42.7 Å². The van der Waals surface area contributed by atoms with Crippen molar-refractivity contribution in [3.05, 3.63) is 41.9 Å². The average molecular weight is 284 g/mol. The van der Waals surface area contributed by atoms with E-state index in [1.54, 1.807) is 0 Å². The fourth-order valence-corrected chi connectivity index (χ4v) is 3.22. The van der Waals surface area contributed by atoms with E-state index in [2.05, 4.69) is 36.2 Å². The van der Waals surface area contributed by atoms with Crippen LogP contribution in [0.25, 0.3) is 5.82 Å². The lowest BCUT2D eigenvalue weighted by atomic mass is 9.74. The summed E-state index contributed by atoms with van der Waals surface area (Å²) >= 11 is 0. The van der Waals surface area contributed by atoms with Gasteiger partial charge in [0.25, 0.3) is 0 Å². The molecular formula is C17H24N4. The summed E-state index contributed by atoms with van der Waals surface area (Å²) in [4.78, 5) is 4.44. The smallest absolute Gasteiger partial charge is 0.153 e. The zero-order chi connectivity index (χ0) is 14.9. The van der Waals surface area contributed by atoms with Gasteiger partial charge in [0, 0.05) is 17.8 Å². The zero-order valence-corrected chi connectivity index (χ0v) is 13.1. The Morgan fingerprint density at radius 3 is 2.95 bits per heavy atom. The van der Waals surface area contributed by atoms with Gasteiger partial charge in [0.1, 0.15) is 0 Å². The summed E-state index contributed by atoms with van der Waals surface area (Å²) in [6, 6.07) is 6.37. The van der Waals surface area contributed by atoms with E-state index in [1.807, 2.05) is 35.3 Å². The van der Waals surface area contributed by atoms with E-state index in [-0.39, 0.29) is 5.41 Å². The van der Waals surface area contributed by atoms with Crippen molar-refractivity contribution in [2.75, 3.05) is 6.54 Å². The molecule has 1 aliphatic rings. The Hall–Kier alpha value is -1.68. The molecule has 0 saturated carbocycles.